The van der Waals surface area contributed by atoms with Gasteiger partial charge >= 0.3 is 0 Å². The summed E-state index contributed by atoms with van der Waals surface area (Å²) in [6.07, 6.45) is -2.52. The molecule has 98 valence electrons. The Morgan fingerprint density at radius 1 is 1.44 bits per heavy atom. The smallest absolute Gasteiger partial charge is 0.263 e. The summed E-state index contributed by atoms with van der Waals surface area (Å²) in [5.41, 5.74) is 0.350. The molecule has 0 saturated carbocycles. The Morgan fingerprint density at radius 3 is 2.72 bits per heavy atom. The van der Waals surface area contributed by atoms with Gasteiger partial charge in [-0.15, -0.1) is 0 Å². The highest BCUT2D eigenvalue weighted by Crippen LogP contribution is 2.23. The number of hydrogen-bond acceptors (Lipinski definition) is 2. The minimum atomic E-state index is -2.52. The van der Waals surface area contributed by atoms with E-state index in [4.69, 9.17) is 0 Å². The quantitative estimate of drug-likeness (QED) is 0.866. The van der Waals surface area contributed by atoms with Crippen molar-refractivity contribution in [3.05, 3.63) is 29.8 Å². The molecule has 0 aliphatic carbocycles. The summed E-state index contributed by atoms with van der Waals surface area (Å²) in [5.74, 6) is 0.109. The van der Waals surface area contributed by atoms with Crippen molar-refractivity contribution in [3.8, 4) is 0 Å². The molecule has 1 fully saturated rings. The zero-order valence-corrected chi connectivity index (χ0v) is 10.1. The molecule has 3 nitrogen and oxygen atoms in total. The molecule has 5 heteroatoms. The van der Waals surface area contributed by atoms with E-state index in [1.807, 2.05) is 6.92 Å². The topological polar surface area (TPSA) is 41.1 Å². The number of anilines is 1. The van der Waals surface area contributed by atoms with Gasteiger partial charge in [0.2, 0.25) is 5.91 Å². The van der Waals surface area contributed by atoms with Gasteiger partial charge in [-0.2, -0.15) is 0 Å². The van der Waals surface area contributed by atoms with E-state index in [2.05, 4.69) is 10.6 Å². The fourth-order valence-electron chi connectivity index (χ4n) is 1.89. The van der Waals surface area contributed by atoms with Crippen molar-refractivity contribution in [2.45, 2.75) is 13.3 Å². The number of nitrogens with one attached hydrogen (secondary N) is 2. The number of hydrogen-bond donors (Lipinski definition) is 2. The number of alkyl halides is 2. The van der Waals surface area contributed by atoms with Gasteiger partial charge < -0.3 is 10.6 Å². The normalized spacial score (nSPS) is 17.3. The molecule has 1 aromatic rings. The summed E-state index contributed by atoms with van der Waals surface area (Å²) in [6.45, 7) is 3.54. The summed E-state index contributed by atoms with van der Waals surface area (Å²) >= 11 is 0. The van der Waals surface area contributed by atoms with E-state index >= 15 is 0 Å². The van der Waals surface area contributed by atoms with Gasteiger partial charge in [-0.05, 0) is 31.1 Å². The third-order valence-corrected chi connectivity index (χ3v) is 3.34. The van der Waals surface area contributed by atoms with E-state index in [1.165, 1.54) is 18.2 Å². The van der Waals surface area contributed by atoms with Gasteiger partial charge in [-0.3, -0.25) is 4.79 Å². The van der Waals surface area contributed by atoms with Gasteiger partial charge in [0.25, 0.3) is 6.43 Å². The van der Waals surface area contributed by atoms with Gasteiger partial charge in [0.05, 0.1) is 0 Å². The van der Waals surface area contributed by atoms with E-state index in [0.717, 1.165) is 13.1 Å². The molecule has 0 spiro atoms. The molecule has 0 radical (unpaired) electrons. The van der Waals surface area contributed by atoms with Gasteiger partial charge in [-0.1, -0.05) is 19.1 Å². The molecule has 1 atom stereocenters. The zero-order chi connectivity index (χ0) is 13.1. The standard InChI is InChI=1S/C13H16F2N2O/c1-8(10-6-16-7-10)13(18)17-11-4-2-3-9(5-11)12(14)15/h2-5,8,10,12,16H,6-7H2,1H3,(H,17,18). The second kappa shape index (κ2) is 5.44. The molecule has 1 aliphatic heterocycles. The highest BCUT2D eigenvalue weighted by atomic mass is 19.3. The average molecular weight is 254 g/mol. The maximum Gasteiger partial charge on any atom is 0.263 e. The molecule has 18 heavy (non-hydrogen) atoms. The lowest BCUT2D eigenvalue weighted by Crippen LogP contribution is -2.48. The van der Waals surface area contributed by atoms with Crippen molar-refractivity contribution in [3.63, 3.8) is 0 Å². The van der Waals surface area contributed by atoms with Crippen molar-refractivity contribution >= 4 is 11.6 Å². The van der Waals surface area contributed by atoms with Crippen LogP contribution in [0, 0.1) is 11.8 Å². The maximum atomic E-state index is 12.5. The first-order valence-corrected chi connectivity index (χ1v) is 5.97. The van der Waals surface area contributed by atoms with Crippen LogP contribution in [0.2, 0.25) is 0 Å². The third-order valence-electron chi connectivity index (χ3n) is 3.34. The summed E-state index contributed by atoms with van der Waals surface area (Å²) in [6, 6.07) is 5.80. The van der Waals surface area contributed by atoms with E-state index in [1.54, 1.807) is 6.07 Å². The summed E-state index contributed by atoms with van der Waals surface area (Å²) < 4.78 is 25.0. The molecule has 0 aromatic heterocycles. The number of amides is 1. The highest BCUT2D eigenvalue weighted by Gasteiger charge is 2.28. The van der Waals surface area contributed by atoms with Crippen molar-refractivity contribution in [1.29, 1.82) is 0 Å². The van der Waals surface area contributed by atoms with Crippen molar-refractivity contribution < 1.29 is 13.6 Å². The molecule has 1 aromatic carbocycles. The predicted octanol–water partition coefficient (Wildman–Crippen LogP) is 2.42. The third kappa shape index (κ3) is 2.85. The number of benzene rings is 1. The van der Waals surface area contributed by atoms with Crippen molar-refractivity contribution in [2.75, 3.05) is 18.4 Å². The lowest BCUT2D eigenvalue weighted by atomic mass is 9.88. The molecule has 0 bridgehead atoms. The van der Waals surface area contributed by atoms with Crippen LogP contribution in [-0.2, 0) is 4.79 Å². The molecule has 2 rings (SSSR count). The molecule has 1 amide bonds. The Kier molecular flexibility index (Phi) is 3.91. The Morgan fingerprint density at radius 2 is 2.17 bits per heavy atom. The van der Waals surface area contributed by atoms with E-state index in [0.29, 0.717) is 11.6 Å². The Bertz CT molecular complexity index is 433. The van der Waals surface area contributed by atoms with E-state index in [-0.39, 0.29) is 17.4 Å². The first kappa shape index (κ1) is 13.0. The lowest BCUT2D eigenvalue weighted by molar-refractivity contribution is -0.121. The summed E-state index contributed by atoms with van der Waals surface area (Å²) in [5, 5.41) is 5.79. The zero-order valence-electron chi connectivity index (χ0n) is 10.1. The van der Waals surface area contributed by atoms with Gasteiger partial charge in [0.1, 0.15) is 0 Å². The lowest BCUT2D eigenvalue weighted by Gasteiger charge is -2.31. The SMILES string of the molecule is CC(C(=O)Nc1cccc(C(F)F)c1)C1CNC1. The molecule has 1 saturated heterocycles. The minimum Gasteiger partial charge on any atom is -0.326 e. The maximum absolute atomic E-state index is 12.5. The summed E-state index contributed by atoms with van der Waals surface area (Å²) in [7, 11) is 0. The average Bonchev–Trinajstić information content (AvgIpc) is 2.26. The van der Waals surface area contributed by atoms with Crippen LogP contribution in [0.4, 0.5) is 14.5 Å². The molecule has 2 N–H and O–H groups in total. The van der Waals surface area contributed by atoms with Gasteiger partial charge in [-0.25, -0.2) is 8.78 Å². The number of carbonyl (C=O) groups excluding carboxylic acids is 1. The molecule has 1 aliphatic rings. The van der Waals surface area contributed by atoms with Gasteiger partial charge in [0, 0.05) is 17.2 Å². The van der Waals surface area contributed by atoms with Crippen LogP contribution in [0.1, 0.15) is 18.9 Å². The molecular weight excluding hydrogens is 238 g/mol. The summed E-state index contributed by atoms with van der Waals surface area (Å²) in [4.78, 5) is 11.9. The number of halogens is 2. The first-order chi connectivity index (χ1) is 8.58. The predicted molar refractivity (Wildman–Crippen MR) is 65.6 cm³/mol. The van der Waals surface area contributed by atoms with E-state index < -0.39 is 6.43 Å². The van der Waals surface area contributed by atoms with Crippen LogP contribution >= 0.6 is 0 Å². The Labute approximate surface area is 105 Å². The van der Waals surface area contributed by atoms with Crippen LogP contribution in [0.25, 0.3) is 0 Å². The minimum absolute atomic E-state index is 0.0780. The first-order valence-electron chi connectivity index (χ1n) is 5.97. The van der Waals surface area contributed by atoms with Gasteiger partial charge in [0.15, 0.2) is 0 Å². The fourth-order valence-corrected chi connectivity index (χ4v) is 1.89. The second-order valence-electron chi connectivity index (χ2n) is 4.62. The van der Waals surface area contributed by atoms with Crippen molar-refractivity contribution in [1.82, 2.24) is 5.32 Å². The van der Waals surface area contributed by atoms with Crippen LogP contribution in [-0.4, -0.2) is 19.0 Å². The Balaban J connectivity index is 1.99. The van der Waals surface area contributed by atoms with Crippen LogP contribution in [0.15, 0.2) is 24.3 Å². The highest BCUT2D eigenvalue weighted by molar-refractivity contribution is 5.92. The number of rotatable bonds is 4. The van der Waals surface area contributed by atoms with Crippen molar-refractivity contribution in [2.24, 2.45) is 11.8 Å². The number of carbonyl (C=O) groups is 1. The van der Waals surface area contributed by atoms with Crippen LogP contribution in [0.3, 0.4) is 0 Å². The molecule has 1 unspecified atom stereocenters. The molecule has 1 heterocycles. The van der Waals surface area contributed by atoms with Crippen LogP contribution in [0.5, 0.6) is 0 Å². The second-order valence-corrected chi connectivity index (χ2v) is 4.62. The largest absolute Gasteiger partial charge is 0.326 e. The molecular formula is C13H16F2N2O. The Hall–Kier alpha value is -1.49. The fraction of sp³-hybridized carbons (Fsp3) is 0.462. The van der Waals surface area contributed by atoms with Crippen LogP contribution < -0.4 is 10.6 Å². The monoisotopic (exact) mass is 254 g/mol. The van der Waals surface area contributed by atoms with E-state index in [9.17, 15) is 13.6 Å².